The molecular formula is C26H33FN2O3S. The Hall–Kier alpha value is -1.96. The molecule has 5 nitrogen and oxygen atoms in total. The first kappa shape index (κ1) is 22.8. The van der Waals surface area contributed by atoms with Crippen molar-refractivity contribution in [3.63, 3.8) is 0 Å². The van der Waals surface area contributed by atoms with Crippen molar-refractivity contribution in [3.05, 3.63) is 51.5 Å². The van der Waals surface area contributed by atoms with Crippen molar-refractivity contribution < 1.29 is 18.7 Å². The van der Waals surface area contributed by atoms with E-state index < -0.39 is 6.09 Å². The Morgan fingerprint density at radius 1 is 1.33 bits per heavy atom. The second-order valence-corrected chi connectivity index (χ2v) is 11.0. The lowest BCUT2D eigenvalue weighted by atomic mass is 9.76. The van der Waals surface area contributed by atoms with Crippen LogP contribution < -0.4 is 10.1 Å². The van der Waals surface area contributed by atoms with Gasteiger partial charge in [0.1, 0.15) is 11.6 Å². The predicted molar refractivity (Wildman–Crippen MR) is 127 cm³/mol. The smallest absolute Gasteiger partial charge is 0.410 e. The van der Waals surface area contributed by atoms with Gasteiger partial charge in [-0.1, -0.05) is 6.92 Å². The maximum Gasteiger partial charge on any atom is 0.412 e. The van der Waals surface area contributed by atoms with E-state index in [9.17, 15) is 9.18 Å². The number of fused-ring (bicyclic) bond motifs is 2. The standard InChI is InChI=1S/C26H33FN2O3S/c1-3-22-14-23-24(33-22)8-11-31-26(23)9-10-29(17(2)15-26)16-18-12-20(13-18)28-25(30)32-21-6-4-19(27)5-7-21/h4-7,14,17-18,20H,3,8-13,15-16H2,1-2H3,(H,28,30)/t17-,18-,20+,26+/m0/s1. The lowest BCUT2D eigenvalue weighted by molar-refractivity contribution is -0.114. The summed E-state index contributed by atoms with van der Waals surface area (Å²) in [5.74, 6) is 0.595. The monoisotopic (exact) mass is 472 g/mol. The fourth-order valence-corrected chi connectivity index (χ4v) is 6.86. The van der Waals surface area contributed by atoms with E-state index in [-0.39, 0.29) is 17.5 Å². The Labute approximate surface area is 199 Å². The van der Waals surface area contributed by atoms with Gasteiger partial charge in [-0.2, -0.15) is 0 Å². The van der Waals surface area contributed by atoms with Crippen LogP contribution in [0.3, 0.4) is 0 Å². The van der Waals surface area contributed by atoms with Gasteiger partial charge in [0.2, 0.25) is 0 Å². The molecule has 2 aliphatic heterocycles. The topological polar surface area (TPSA) is 50.8 Å². The number of benzene rings is 1. The molecule has 33 heavy (non-hydrogen) atoms. The zero-order chi connectivity index (χ0) is 23.0. The number of aryl methyl sites for hydroxylation is 1. The molecule has 1 aromatic heterocycles. The van der Waals surface area contributed by atoms with Crippen molar-refractivity contribution in [2.75, 3.05) is 19.7 Å². The number of halogens is 1. The first-order valence-corrected chi connectivity index (χ1v) is 13.0. The van der Waals surface area contributed by atoms with Crippen LogP contribution in [-0.4, -0.2) is 42.8 Å². The molecule has 0 bridgehead atoms. The lowest BCUT2D eigenvalue weighted by Crippen LogP contribution is -2.54. The van der Waals surface area contributed by atoms with Gasteiger partial charge in [-0.05, 0) is 80.8 Å². The van der Waals surface area contributed by atoms with Crippen LogP contribution in [0.25, 0.3) is 0 Å². The molecule has 1 saturated heterocycles. The molecule has 2 aromatic rings. The second kappa shape index (κ2) is 9.35. The van der Waals surface area contributed by atoms with Gasteiger partial charge in [-0.25, -0.2) is 9.18 Å². The zero-order valence-electron chi connectivity index (χ0n) is 19.4. The Balaban J connectivity index is 1.09. The molecule has 3 heterocycles. The highest BCUT2D eigenvalue weighted by Gasteiger charge is 2.45. The summed E-state index contributed by atoms with van der Waals surface area (Å²) in [7, 11) is 0. The maximum absolute atomic E-state index is 13.0. The Bertz CT molecular complexity index is 988. The summed E-state index contributed by atoms with van der Waals surface area (Å²) in [5.41, 5.74) is 1.37. The van der Waals surface area contributed by atoms with Crippen molar-refractivity contribution in [2.45, 2.75) is 70.1 Å². The highest BCUT2D eigenvalue weighted by molar-refractivity contribution is 7.12. The van der Waals surface area contributed by atoms with Crippen molar-refractivity contribution in [3.8, 4) is 5.75 Å². The minimum absolute atomic E-state index is 0.0960. The number of thiophene rings is 1. The molecule has 3 aliphatic rings. The molecule has 1 spiro atoms. The number of carbonyl (C=O) groups is 1. The van der Waals surface area contributed by atoms with Crippen LogP contribution in [0.2, 0.25) is 0 Å². The first-order chi connectivity index (χ1) is 15.9. The van der Waals surface area contributed by atoms with E-state index in [1.54, 1.807) is 4.88 Å². The van der Waals surface area contributed by atoms with Crippen molar-refractivity contribution in [1.29, 1.82) is 0 Å². The third-order valence-electron chi connectivity index (χ3n) is 7.53. The number of amides is 1. The third-order valence-corrected chi connectivity index (χ3v) is 8.87. The van der Waals surface area contributed by atoms with Gasteiger partial charge in [0.15, 0.2) is 0 Å². The van der Waals surface area contributed by atoms with Crippen LogP contribution in [0.4, 0.5) is 9.18 Å². The summed E-state index contributed by atoms with van der Waals surface area (Å²) in [6.45, 7) is 7.53. The number of nitrogens with one attached hydrogen (secondary N) is 1. The van der Waals surface area contributed by atoms with Gasteiger partial charge in [0.05, 0.1) is 12.2 Å². The van der Waals surface area contributed by atoms with Gasteiger partial charge < -0.3 is 19.7 Å². The van der Waals surface area contributed by atoms with Crippen molar-refractivity contribution >= 4 is 17.4 Å². The Morgan fingerprint density at radius 3 is 2.85 bits per heavy atom. The average Bonchev–Trinajstić information content (AvgIpc) is 3.21. The van der Waals surface area contributed by atoms with Crippen LogP contribution in [0.15, 0.2) is 30.3 Å². The highest BCUT2D eigenvalue weighted by atomic mass is 32.1. The van der Waals surface area contributed by atoms with Gasteiger partial charge in [0.25, 0.3) is 0 Å². The highest BCUT2D eigenvalue weighted by Crippen LogP contribution is 2.46. The molecule has 1 aliphatic carbocycles. The van der Waals surface area contributed by atoms with Crippen LogP contribution in [-0.2, 0) is 23.2 Å². The molecule has 2 fully saturated rings. The van der Waals surface area contributed by atoms with Crippen molar-refractivity contribution in [2.24, 2.45) is 5.92 Å². The Kier molecular flexibility index (Phi) is 6.47. The summed E-state index contributed by atoms with van der Waals surface area (Å²) in [6.07, 6.45) is 5.74. The van der Waals surface area contributed by atoms with E-state index in [0.29, 0.717) is 17.7 Å². The number of rotatable bonds is 5. The van der Waals surface area contributed by atoms with Crippen LogP contribution in [0, 0.1) is 11.7 Å². The van der Waals surface area contributed by atoms with E-state index in [1.165, 1.54) is 34.7 Å². The second-order valence-electron chi connectivity index (χ2n) is 9.82. The average molecular weight is 473 g/mol. The fourth-order valence-electron chi connectivity index (χ4n) is 5.69. The van der Waals surface area contributed by atoms with Gasteiger partial charge in [-0.15, -0.1) is 11.3 Å². The largest absolute Gasteiger partial charge is 0.412 e. The quantitative estimate of drug-likeness (QED) is 0.644. The molecular weight excluding hydrogens is 439 g/mol. The normalized spacial score (nSPS) is 29.4. The van der Waals surface area contributed by atoms with Gasteiger partial charge >= 0.3 is 6.09 Å². The van der Waals surface area contributed by atoms with E-state index >= 15 is 0 Å². The molecule has 1 N–H and O–H groups in total. The summed E-state index contributed by atoms with van der Waals surface area (Å²) in [4.78, 5) is 17.7. The van der Waals surface area contributed by atoms with E-state index in [2.05, 4.69) is 30.1 Å². The lowest BCUT2D eigenvalue weighted by Gasteiger charge is -2.49. The first-order valence-electron chi connectivity index (χ1n) is 12.2. The summed E-state index contributed by atoms with van der Waals surface area (Å²) >= 11 is 1.98. The maximum atomic E-state index is 13.0. The number of hydrogen-bond acceptors (Lipinski definition) is 5. The van der Waals surface area contributed by atoms with E-state index in [1.807, 2.05) is 11.3 Å². The van der Waals surface area contributed by atoms with Crippen molar-refractivity contribution in [1.82, 2.24) is 10.2 Å². The molecule has 1 amide bonds. The third kappa shape index (κ3) is 4.81. The minimum Gasteiger partial charge on any atom is -0.410 e. The van der Waals surface area contributed by atoms with Gasteiger partial charge in [-0.3, -0.25) is 0 Å². The number of hydrogen-bond donors (Lipinski definition) is 1. The summed E-state index contributed by atoms with van der Waals surface area (Å²) in [6, 6.07) is 8.53. The van der Waals surface area contributed by atoms with Crippen LogP contribution in [0.5, 0.6) is 5.75 Å². The number of likely N-dealkylation sites (tertiary alicyclic amines) is 1. The molecule has 2 atom stereocenters. The summed E-state index contributed by atoms with van der Waals surface area (Å²) in [5, 5.41) is 2.93. The number of piperidine rings is 1. The molecule has 0 radical (unpaired) electrons. The minimum atomic E-state index is -0.467. The SMILES string of the molecule is CCc1cc2c(s1)CCO[C@@]21CCN(C[C@H]2C[C@@H](NC(=O)Oc3ccc(F)cc3)C2)[C@@H](C)C1. The predicted octanol–water partition coefficient (Wildman–Crippen LogP) is 5.27. The molecule has 5 rings (SSSR count). The van der Waals surface area contributed by atoms with E-state index in [0.717, 1.165) is 58.2 Å². The molecule has 7 heteroatoms. The fraction of sp³-hybridized carbons (Fsp3) is 0.577. The summed E-state index contributed by atoms with van der Waals surface area (Å²) < 4.78 is 24.7. The Morgan fingerprint density at radius 2 is 2.12 bits per heavy atom. The molecule has 178 valence electrons. The molecule has 0 unspecified atom stereocenters. The number of nitrogens with zero attached hydrogens (tertiary/aromatic N) is 1. The van der Waals surface area contributed by atoms with Gasteiger partial charge in [0, 0.05) is 41.3 Å². The number of ether oxygens (including phenoxy) is 2. The van der Waals surface area contributed by atoms with E-state index in [4.69, 9.17) is 9.47 Å². The molecule has 1 saturated carbocycles. The molecule has 1 aromatic carbocycles. The zero-order valence-corrected chi connectivity index (χ0v) is 20.3. The number of carbonyl (C=O) groups excluding carboxylic acids is 1. The van der Waals surface area contributed by atoms with Crippen LogP contribution in [0.1, 0.15) is 54.8 Å². The van der Waals surface area contributed by atoms with Crippen LogP contribution >= 0.6 is 11.3 Å².